The maximum atomic E-state index is 12.3. The summed E-state index contributed by atoms with van der Waals surface area (Å²) in [6.07, 6.45) is -0.940. The van der Waals surface area contributed by atoms with Crippen LogP contribution in [0.4, 0.5) is 5.88 Å². The second-order valence-corrected chi connectivity index (χ2v) is 5.23. The lowest BCUT2D eigenvalue weighted by atomic mass is 10.2. The number of esters is 1. The average Bonchev–Trinajstić information content (AvgIpc) is 2.86. The van der Waals surface area contributed by atoms with E-state index in [4.69, 9.17) is 15.0 Å². The Labute approximate surface area is 134 Å². The molecule has 1 heterocycles. The van der Waals surface area contributed by atoms with Crippen LogP contribution < -0.4 is 5.73 Å². The predicted molar refractivity (Wildman–Crippen MR) is 83.4 cm³/mol. The molecular weight excluding hydrogens is 298 g/mol. The molecule has 7 nitrogen and oxygen atoms in total. The molecule has 0 fully saturated rings. The van der Waals surface area contributed by atoms with Crippen molar-refractivity contribution in [3.05, 3.63) is 47.2 Å². The van der Waals surface area contributed by atoms with E-state index in [2.05, 4.69) is 5.16 Å². The fourth-order valence-corrected chi connectivity index (χ4v) is 2.15. The number of nitrogens with two attached hydrogens (primary N) is 1. The summed E-state index contributed by atoms with van der Waals surface area (Å²) in [5.74, 6) is -1.16. The lowest BCUT2D eigenvalue weighted by Crippen LogP contribution is -2.37. The smallest absolute Gasteiger partial charge is 0.346 e. The molecule has 1 aromatic carbocycles. The van der Waals surface area contributed by atoms with Crippen LogP contribution in [0.2, 0.25) is 0 Å². The van der Waals surface area contributed by atoms with Crippen LogP contribution in [0.25, 0.3) is 0 Å². The molecule has 0 saturated heterocycles. The molecule has 0 saturated carbocycles. The van der Waals surface area contributed by atoms with E-state index in [-0.39, 0.29) is 17.4 Å². The van der Waals surface area contributed by atoms with Gasteiger partial charge in [0.1, 0.15) is 5.56 Å². The number of nitrogen functional groups attached to an aromatic ring is 1. The lowest BCUT2D eigenvalue weighted by Gasteiger charge is -2.21. The van der Waals surface area contributed by atoms with Crippen LogP contribution in [0.1, 0.15) is 28.5 Å². The molecule has 2 N–H and O–H groups in total. The van der Waals surface area contributed by atoms with Gasteiger partial charge < -0.3 is 19.9 Å². The Kier molecular flexibility index (Phi) is 5.00. The number of anilines is 1. The van der Waals surface area contributed by atoms with Crippen molar-refractivity contribution in [2.45, 2.75) is 26.5 Å². The first-order valence-corrected chi connectivity index (χ1v) is 7.11. The summed E-state index contributed by atoms with van der Waals surface area (Å²) in [4.78, 5) is 25.9. The first kappa shape index (κ1) is 16.5. The summed E-state index contributed by atoms with van der Waals surface area (Å²) in [5, 5.41) is 3.58. The average molecular weight is 317 g/mol. The fourth-order valence-electron chi connectivity index (χ4n) is 2.15. The van der Waals surface area contributed by atoms with Gasteiger partial charge in [-0.25, -0.2) is 4.79 Å². The summed E-state index contributed by atoms with van der Waals surface area (Å²) >= 11 is 0. The van der Waals surface area contributed by atoms with Crippen molar-refractivity contribution in [2.75, 3.05) is 12.8 Å². The lowest BCUT2D eigenvalue weighted by molar-refractivity contribution is -0.139. The van der Waals surface area contributed by atoms with Gasteiger partial charge in [0.05, 0.1) is 5.69 Å². The number of carbonyl (C=O) groups excluding carboxylic acids is 2. The van der Waals surface area contributed by atoms with Gasteiger partial charge in [0.15, 0.2) is 6.10 Å². The molecule has 0 aliphatic rings. The molecule has 1 amide bonds. The Morgan fingerprint density at radius 2 is 2.00 bits per heavy atom. The molecule has 0 spiro atoms. The van der Waals surface area contributed by atoms with Crippen LogP contribution in [0.3, 0.4) is 0 Å². The number of amides is 1. The number of carbonyl (C=O) groups is 2. The molecule has 0 aliphatic heterocycles. The molecule has 1 atom stereocenters. The molecule has 23 heavy (non-hydrogen) atoms. The molecule has 1 aromatic heterocycles. The quantitative estimate of drug-likeness (QED) is 0.844. The minimum atomic E-state index is -0.940. The Morgan fingerprint density at radius 3 is 2.57 bits per heavy atom. The molecule has 0 radical (unpaired) electrons. The van der Waals surface area contributed by atoms with E-state index in [0.29, 0.717) is 12.2 Å². The summed E-state index contributed by atoms with van der Waals surface area (Å²) in [7, 11) is 1.65. The van der Waals surface area contributed by atoms with Crippen molar-refractivity contribution < 1.29 is 18.8 Å². The molecule has 7 heteroatoms. The van der Waals surface area contributed by atoms with Crippen molar-refractivity contribution >= 4 is 17.8 Å². The normalized spacial score (nSPS) is 11.8. The van der Waals surface area contributed by atoms with Crippen LogP contribution in [-0.2, 0) is 16.1 Å². The summed E-state index contributed by atoms with van der Waals surface area (Å²) < 4.78 is 9.88. The molecule has 0 bridgehead atoms. The number of hydrogen-bond donors (Lipinski definition) is 1. The van der Waals surface area contributed by atoms with Crippen LogP contribution in [0.5, 0.6) is 0 Å². The van der Waals surface area contributed by atoms with E-state index in [9.17, 15) is 9.59 Å². The van der Waals surface area contributed by atoms with E-state index < -0.39 is 12.1 Å². The van der Waals surface area contributed by atoms with Crippen molar-refractivity contribution in [1.29, 1.82) is 0 Å². The first-order chi connectivity index (χ1) is 10.9. The zero-order valence-corrected chi connectivity index (χ0v) is 13.3. The van der Waals surface area contributed by atoms with Crippen LogP contribution in [0.15, 0.2) is 34.9 Å². The van der Waals surface area contributed by atoms with Gasteiger partial charge >= 0.3 is 5.97 Å². The second-order valence-electron chi connectivity index (χ2n) is 5.23. The van der Waals surface area contributed by atoms with Crippen molar-refractivity contribution in [1.82, 2.24) is 10.1 Å². The third kappa shape index (κ3) is 3.88. The van der Waals surface area contributed by atoms with E-state index >= 15 is 0 Å². The van der Waals surface area contributed by atoms with Crippen LogP contribution >= 0.6 is 0 Å². The largest absolute Gasteiger partial charge is 0.449 e. The van der Waals surface area contributed by atoms with E-state index in [1.165, 1.54) is 11.8 Å². The Balaban J connectivity index is 1.98. The Bertz CT molecular complexity index is 677. The minimum Gasteiger partial charge on any atom is -0.449 e. The Morgan fingerprint density at radius 1 is 1.35 bits per heavy atom. The minimum absolute atomic E-state index is 0.0513. The van der Waals surface area contributed by atoms with Gasteiger partial charge in [0, 0.05) is 13.6 Å². The Hall–Kier alpha value is -2.83. The van der Waals surface area contributed by atoms with Crippen LogP contribution in [-0.4, -0.2) is 35.1 Å². The topological polar surface area (TPSA) is 98.7 Å². The standard InChI is InChI=1S/C16H19N3O4/c1-10-13(14(17)23-18-10)16(21)22-11(2)15(20)19(3)9-12-7-5-4-6-8-12/h4-8,11H,9,17H2,1-3H3/t11-/m1/s1. The van der Waals surface area contributed by atoms with Crippen LogP contribution in [0, 0.1) is 6.92 Å². The molecule has 0 aliphatic carbocycles. The number of rotatable bonds is 5. The monoisotopic (exact) mass is 317 g/mol. The third-order valence-corrected chi connectivity index (χ3v) is 3.36. The second kappa shape index (κ2) is 6.95. The molecular formula is C16H19N3O4. The number of aromatic nitrogens is 1. The highest BCUT2D eigenvalue weighted by Gasteiger charge is 2.26. The molecule has 2 rings (SSSR count). The van der Waals surface area contributed by atoms with Gasteiger partial charge in [-0.15, -0.1) is 0 Å². The third-order valence-electron chi connectivity index (χ3n) is 3.36. The van der Waals surface area contributed by atoms with Gasteiger partial charge in [-0.1, -0.05) is 35.5 Å². The van der Waals surface area contributed by atoms with Crippen molar-refractivity contribution in [3.8, 4) is 0 Å². The van der Waals surface area contributed by atoms with E-state index in [1.54, 1.807) is 14.0 Å². The fraction of sp³-hybridized carbons (Fsp3) is 0.312. The summed E-state index contributed by atoms with van der Waals surface area (Å²) in [6.45, 7) is 3.52. The number of aryl methyl sites for hydroxylation is 1. The van der Waals surface area contributed by atoms with Gasteiger partial charge in [-0.05, 0) is 19.4 Å². The summed E-state index contributed by atoms with van der Waals surface area (Å²) in [5.41, 5.74) is 6.89. The van der Waals surface area contributed by atoms with E-state index in [1.807, 2.05) is 30.3 Å². The number of ether oxygens (including phenoxy) is 1. The highest BCUT2D eigenvalue weighted by Crippen LogP contribution is 2.17. The van der Waals surface area contributed by atoms with Crippen molar-refractivity contribution in [2.24, 2.45) is 0 Å². The van der Waals surface area contributed by atoms with Gasteiger partial charge in [-0.2, -0.15) is 0 Å². The van der Waals surface area contributed by atoms with Gasteiger partial charge in [0.2, 0.25) is 5.88 Å². The van der Waals surface area contributed by atoms with E-state index in [0.717, 1.165) is 5.56 Å². The zero-order valence-electron chi connectivity index (χ0n) is 13.3. The number of nitrogens with zero attached hydrogens (tertiary/aromatic N) is 2. The molecule has 122 valence electrons. The highest BCUT2D eigenvalue weighted by atomic mass is 16.5. The highest BCUT2D eigenvalue weighted by molar-refractivity contribution is 5.96. The zero-order chi connectivity index (χ0) is 17.0. The van der Waals surface area contributed by atoms with Crippen molar-refractivity contribution in [3.63, 3.8) is 0 Å². The predicted octanol–water partition coefficient (Wildman–Crippen LogP) is 1.77. The summed E-state index contributed by atoms with van der Waals surface area (Å²) in [6, 6.07) is 9.54. The number of benzene rings is 1. The SMILES string of the molecule is Cc1noc(N)c1C(=O)O[C@H](C)C(=O)N(C)Cc1ccccc1. The maximum Gasteiger partial charge on any atom is 0.346 e. The number of likely N-dealkylation sites (N-methyl/N-ethyl adjacent to an activating group) is 1. The maximum absolute atomic E-state index is 12.3. The first-order valence-electron chi connectivity index (χ1n) is 7.11. The number of hydrogen-bond acceptors (Lipinski definition) is 6. The van der Waals surface area contributed by atoms with Gasteiger partial charge in [-0.3, -0.25) is 4.79 Å². The molecule has 2 aromatic rings. The van der Waals surface area contributed by atoms with Gasteiger partial charge in [0.25, 0.3) is 5.91 Å². The molecule has 0 unspecified atom stereocenters.